The molecule has 38 heavy (non-hydrogen) atoms. The number of carbonyl (C=O) groups excluding carboxylic acids is 2. The summed E-state index contributed by atoms with van der Waals surface area (Å²) in [5, 5.41) is 21.9. The van der Waals surface area contributed by atoms with Crippen molar-refractivity contribution in [3.05, 3.63) is 46.5 Å². The number of carboxylic acid groups (broad SMARTS) is 1. The van der Waals surface area contributed by atoms with Crippen molar-refractivity contribution in [2.75, 3.05) is 0 Å². The van der Waals surface area contributed by atoms with Crippen LogP contribution < -0.4 is 0 Å². The summed E-state index contributed by atoms with van der Waals surface area (Å²) in [4.78, 5) is 40.1. The predicted molar refractivity (Wildman–Crippen MR) is 148 cm³/mol. The minimum Gasteiger partial charge on any atom is -0.511 e. The number of ether oxygens (including phenoxy) is 1. The Kier molecular flexibility index (Phi) is 8.55. The number of aliphatic carboxylic acids is 1. The van der Waals surface area contributed by atoms with Gasteiger partial charge in [0.05, 0.1) is 17.8 Å². The van der Waals surface area contributed by atoms with Gasteiger partial charge in [-0.3, -0.25) is 14.4 Å². The zero-order chi connectivity index (χ0) is 28.7. The zero-order valence-corrected chi connectivity index (χ0v) is 24.4. The van der Waals surface area contributed by atoms with Gasteiger partial charge in [-0.15, -0.1) is 0 Å². The van der Waals surface area contributed by atoms with Gasteiger partial charge in [0, 0.05) is 11.5 Å². The van der Waals surface area contributed by atoms with E-state index in [1.807, 2.05) is 33.8 Å². The Morgan fingerprint density at radius 2 is 1.84 bits per heavy atom. The summed E-state index contributed by atoms with van der Waals surface area (Å²) in [6.07, 6.45) is 3.89. The van der Waals surface area contributed by atoms with E-state index in [9.17, 15) is 24.6 Å². The van der Waals surface area contributed by atoms with Gasteiger partial charge in [-0.2, -0.15) is 0 Å². The van der Waals surface area contributed by atoms with Crippen LogP contribution in [0.3, 0.4) is 0 Å². The third kappa shape index (κ3) is 5.03. The van der Waals surface area contributed by atoms with E-state index in [-0.39, 0.29) is 47.0 Å². The summed E-state index contributed by atoms with van der Waals surface area (Å²) in [5.74, 6) is -2.35. The second-order valence-electron chi connectivity index (χ2n) is 12.8. The topological polar surface area (TPSA) is 101 Å². The molecule has 0 spiro atoms. The summed E-state index contributed by atoms with van der Waals surface area (Å²) in [6, 6.07) is 0. The fourth-order valence-corrected chi connectivity index (χ4v) is 6.77. The Morgan fingerprint density at radius 1 is 1.21 bits per heavy atom. The van der Waals surface area contributed by atoms with Crippen molar-refractivity contribution in [3.63, 3.8) is 0 Å². The molecular formula is C32H46O6. The van der Waals surface area contributed by atoms with Gasteiger partial charge in [-0.05, 0) is 70.6 Å². The van der Waals surface area contributed by atoms with E-state index < -0.39 is 35.1 Å². The smallest absolute Gasteiger partial charge is 0.303 e. The maximum atomic E-state index is 14.5. The van der Waals surface area contributed by atoms with Gasteiger partial charge >= 0.3 is 5.97 Å². The lowest BCUT2D eigenvalue weighted by atomic mass is 9.48. The van der Waals surface area contributed by atoms with E-state index in [0.29, 0.717) is 30.8 Å². The van der Waals surface area contributed by atoms with Crippen molar-refractivity contribution in [3.8, 4) is 0 Å². The van der Waals surface area contributed by atoms with Crippen LogP contribution in [0.15, 0.2) is 46.5 Å². The first-order valence-corrected chi connectivity index (χ1v) is 14.0. The number of hydrogen-bond acceptors (Lipinski definition) is 5. The normalized spacial score (nSPS) is 31.3. The van der Waals surface area contributed by atoms with Gasteiger partial charge in [-0.1, -0.05) is 57.9 Å². The van der Waals surface area contributed by atoms with Gasteiger partial charge in [-0.25, -0.2) is 0 Å². The largest absolute Gasteiger partial charge is 0.511 e. The summed E-state index contributed by atoms with van der Waals surface area (Å²) in [7, 11) is 0. The molecule has 2 N–H and O–H groups in total. The van der Waals surface area contributed by atoms with Crippen LogP contribution in [-0.2, 0) is 19.1 Å². The molecular weight excluding hydrogens is 480 g/mol. The van der Waals surface area contributed by atoms with Crippen LogP contribution >= 0.6 is 0 Å². The molecule has 0 bridgehead atoms. The molecule has 2 aliphatic carbocycles. The first-order chi connectivity index (χ1) is 17.6. The molecule has 3 rings (SSSR count). The van der Waals surface area contributed by atoms with Gasteiger partial charge in [0.15, 0.2) is 11.6 Å². The molecule has 6 atom stereocenters. The van der Waals surface area contributed by atoms with Gasteiger partial charge in [0.25, 0.3) is 0 Å². The van der Waals surface area contributed by atoms with E-state index in [0.717, 1.165) is 17.6 Å². The Bertz CT molecular complexity index is 1110. The van der Waals surface area contributed by atoms with E-state index in [4.69, 9.17) is 4.74 Å². The van der Waals surface area contributed by atoms with Gasteiger partial charge in [0.1, 0.15) is 23.2 Å². The molecule has 6 nitrogen and oxygen atoms in total. The number of carbonyl (C=O) groups is 3. The van der Waals surface area contributed by atoms with E-state index in [2.05, 4.69) is 20.4 Å². The average molecular weight is 527 g/mol. The number of ketones is 2. The Hall–Kier alpha value is -2.63. The standard InChI is InChI=1S/C32H46O6/c1-10-11-21(14-24(33)34)25-28-26(27(35)19(6)20(7)38-28)30(37)32(29(25)36,13-12-17(2)3)16-22-15-23(18(4)5)31(22,8)9/h12,19-23,36H,4,10-11,13-16H2,1-3,5-9H3,(H,33,34). The highest BCUT2D eigenvalue weighted by molar-refractivity contribution is 6.25. The lowest BCUT2D eigenvalue weighted by Crippen LogP contribution is -2.52. The molecule has 0 aromatic carbocycles. The molecule has 0 saturated heterocycles. The van der Waals surface area contributed by atoms with Crippen molar-refractivity contribution >= 4 is 17.5 Å². The van der Waals surface area contributed by atoms with Crippen LogP contribution in [0.25, 0.3) is 0 Å². The maximum absolute atomic E-state index is 14.5. The van der Waals surface area contributed by atoms with Gasteiger partial charge < -0.3 is 14.9 Å². The van der Waals surface area contributed by atoms with E-state index >= 15 is 0 Å². The Balaban J connectivity index is 2.29. The minimum absolute atomic E-state index is 0.00521. The van der Waals surface area contributed by atoms with Crippen LogP contribution in [0.1, 0.15) is 93.9 Å². The fraction of sp³-hybridized carbons (Fsp3) is 0.656. The van der Waals surface area contributed by atoms with Crippen molar-refractivity contribution in [1.29, 1.82) is 0 Å². The fourth-order valence-electron chi connectivity index (χ4n) is 6.77. The molecule has 6 heteroatoms. The van der Waals surface area contributed by atoms with Crippen LogP contribution in [0.4, 0.5) is 0 Å². The molecule has 0 amide bonds. The van der Waals surface area contributed by atoms with Crippen LogP contribution in [0.5, 0.6) is 0 Å². The van der Waals surface area contributed by atoms with E-state index in [1.165, 1.54) is 0 Å². The molecule has 1 aliphatic heterocycles. The van der Waals surface area contributed by atoms with E-state index in [1.54, 1.807) is 13.8 Å². The second-order valence-corrected chi connectivity index (χ2v) is 12.8. The van der Waals surface area contributed by atoms with Crippen molar-refractivity contribution in [2.45, 2.75) is 100 Å². The number of rotatable bonds is 10. The summed E-state index contributed by atoms with van der Waals surface area (Å²) in [6.45, 7) is 19.9. The quantitative estimate of drug-likeness (QED) is 0.232. The first-order valence-electron chi connectivity index (χ1n) is 14.0. The predicted octanol–water partition coefficient (Wildman–Crippen LogP) is 7.12. The van der Waals surface area contributed by atoms with Gasteiger partial charge in [0.2, 0.25) is 0 Å². The highest BCUT2D eigenvalue weighted by Gasteiger charge is 2.59. The summed E-state index contributed by atoms with van der Waals surface area (Å²) >= 11 is 0. The SMILES string of the molecule is C=C(C)C1CC(CC2(CC=C(C)C)C(=O)C3=C(OC(C)C(C)C3=O)C(C(CCC)CC(=O)O)=C2O)C1(C)C. The number of hydrogen-bond donors (Lipinski definition) is 2. The highest BCUT2D eigenvalue weighted by atomic mass is 16.5. The second kappa shape index (κ2) is 10.9. The lowest BCUT2D eigenvalue weighted by Gasteiger charge is -2.56. The molecule has 210 valence electrons. The lowest BCUT2D eigenvalue weighted by molar-refractivity contribution is -0.137. The molecule has 1 fully saturated rings. The van der Waals surface area contributed by atoms with Crippen LogP contribution in [-0.4, -0.2) is 33.9 Å². The third-order valence-corrected chi connectivity index (χ3v) is 9.50. The first kappa shape index (κ1) is 29.9. The monoisotopic (exact) mass is 526 g/mol. The average Bonchev–Trinajstić information content (AvgIpc) is 2.80. The number of aliphatic hydroxyl groups is 1. The molecule has 1 heterocycles. The Labute approximate surface area is 227 Å². The van der Waals surface area contributed by atoms with Crippen LogP contribution in [0.2, 0.25) is 0 Å². The molecule has 0 aromatic rings. The molecule has 1 saturated carbocycles. The number of allylic oxidation sites excluding steroid dienone is 6. The minimum atomic E-state index is -1.35. The van der Waals surface area contributed by atoms with Crippen LogP contribution in [0, 0.1) is 34.5 Å². The van der Waals surface area contributed by atoms with Crippen molar-refractivity contribution in [1.82, 2.24) is 0 Å². The summed E-state index contributed by atoms with van der Waals surface area (Å²) < 4.78 is 6.19. The maximum Gasteiger partial charge on any atom is 0.303 e. The number of aliphatic hydroxyl groups excluding tert-OH is 1. The number of carboxylic acids is 1. The third-order valence-electron chi connectivity index (χ3n) is 9.50. The molecule has 6 unspecified atom stereocenters. The zero-order valence-electron chi connectivity index (χ0n) is 24.4. The Morgan fingerprint density at radius 3 is 2.34 bits per heavy atom. The molecule has 3 aliphatic rings. The molecule has 0 aromatic heterocycles. The van der Waals surface area contributed by atoms with Crippen molar-refractivity contribution < 1.29 is 29.3 Å². The summed E-state index contributed by atoms with van der Waals surface area (Å²) in [5.41, 5.74) is 0.975. The highest BCUT2D eigenvalue weighted by Crippen LogP contribution is 2.61. The number of Topliss-reactive ketones (excluding diaryl/α,β-unsaturated/α-hetero) is 2. The molecule has 0 radical (unpaired) electrons. The van der Waals surface area contributed by atoms with Crippen molar-refractivity contribution in [2.24, 2.45) is 34.5 Å².